The van der Waals surface area contributed by atoms with E-state index in [9.17, 15) is 4.39 Å². The van der Waals surface area contributed by atoms with Gasteiger partial charge in [-0.1, -0.05) is 26.0 Å². The molecule has 1 aromatic carbocycles. The fraction of sp³-hybridized carbons (Fsp3) is 0.571. The maximum Gasteiger partial charge on any atom is 0.123 e. The molecule has 2 rings (SSSR count). The Labute approximate surface area is 103 Å². The largest absolute Gasteiger partial charge is 0.312 e. The molecule has 1 fully saturated rings. The van der Waals surface area contributed by atoms with E-state index < -0.39 is 0 Å². The van der Waals surface area contributed by atoms with Crippen LogP contribution in [0.1, 0.15) is 38.3 Å². The zero-order valence-corrected chi connectivity index (χ0v) is 10.5. The molecule has 0 radical (unpaired) electrons. The molecule has 17 heavy (non-hydrogen) atoms. The lowest BCUT2D eigenvalue weighted by Gasteiger charge is -2.32. The number of rotatable bonds is 3. The minimum Gasteiger partial charge on any atom is -0.312 e. The van der Waals surface area contributed by atoms with Gasteiger partial charge in [0.05, 0.1) is 0 Å². The molecular weight excluding hydrogens is 215 g/mol. The standard InChI is InChI=1S/C14H21FN2/c1-10(2)17-13-7-8-16-14(9-13)11-3-5-12(15)6-4-11/h3-6,10,13-14,16-17H,7-9H2,1-2H3/t13-,14+/m1/s1. The Balaban J connectivity index is 1.99. The lowest BCUT2D eigenvalue weighted by molar-refractivity contribution is 0.308. The summed E-state index contributed by atoms with van der Waals surface area (Å²) in [6.45, 7) is 5.37. The average molecular weight is 236 g/mol. The highest BCUT2D eigenvalue weighted by atomic mass is 19.1. The summed E-state index contributed by atoms with van der Waals surface area (Å²) in [7, 11) is 0. The van der Waals surface area contributed by atoms with Crippen molar-refractivity contribution in [3.63, 3.8) is 0 Å². The van der Waals surface area contributed by atoms with Gasteiger partial charge in [0, 0.05) is 18.1 Å². The van der Waals surface area contributed by atoms with Gasteiger partial charge in [0.1, 0.15) is 5.82 Å². The molecule has 0 unspecified atom stereocenters. The first-order chi connectivity index (χ1) is 8.15. The van der Waals surface area contributed by atoms with Crippen LogP contribution >= 0.6 is 0 Å². The fourth-order valence-electron chi connectivity index (χ4n) is 2.49. The molecule has 0 amide bonds. The van der Waals surface area contributed by atoms with E-state index in [0.29, 0.717) is 18.1 Å². The summed E-state index contributed by atoms with van der Waals surface area (Å²) in [5, 5.41) is 7.07. The van der Waals surface area contributed by atoms with Crippen molar-refractivity contribution in [1.82, 2.24) is 10.6 Å². The quantitative estimate of drug-likeness (QED) is 0.843. The van der Waals surface area contributed by atoms with Crippen LogP contribution in [0.25, 0.3) is 0 Å². The summed E-state index contributed by atoms with van der Waals surface area (Å²) >= 11 is 0. The van der Waals surface area contributed by atoms with Crippen molar-refractivity contribution >= 4 is 0 Å². The molecule has 1 aliphatic heterocycles. The summed E-state index contributed by atoms with van der Waals surface area (Å²) < 4.78 is 12.9. The molecule has 0 saturated carbocycles. The van der Waals surface area contributed by atoms with E-state index in [0.717, 1.165) is 19.4 Å². The third-order valence-electron chi connectivity index (χ3n) is 3.25. The highest BCUT2D eigenvalue weighted by molar-refractivity contribution is 5.20. The summed E-state index contributed by atoms with van der Waals surface area (Å²) in [6, 6.07) is 8.27. The molecule has 1 aromatic rings. The molecular formula is C14H21FN2. The zero-order valence-electron chi connectivity index (χ0n) is 10.5. The molecule has 0 spiro atoms. The van der Waals surface area contributed by atoms with E-state index in [1.54, 1.807) is 0 Å². The van der Waals surface area contributed by atoms with Crippen LogP contribution in [0.5, 0.6) is 0 Å². The summed E-state index contributed by atoms with van der Waals surface area (Å²) in [5.41, 5.74) is 1.18. The molecule has 0 aromatic heterocycles. The monoisotopic (exact) mass is 236 g/mol. The number of hydrogen-bond donors (Lipinski definition) is 2. The molecule has 1 aliphatic rings. The lowest BCUT2D eigenvalue weighted by Crippen LogP contribution is -2.44. The Morgan fingerprint density at radius 3 is 2.65 bits per heavy atom. The van der Waals surface area contributed by atoms with Gasteiger partial charge in [-0.05, 0) is 37.1 Å². The molecule has 1 heterocycles. The first kappa shape index (κ1) is 12.5. The normalized spacial score (nSPS) is 25.2. The average Bonchev–Trinajstić information content (AvgIpc) is 2.29. The van der Waals surface area contributed by atoms with Crippen LogP contribution < -0.4 is 10.6 Å². The van der Waals surface area contributed by atoms with Gasteiger partial charge >= 0.3 is 0 Å². The third kappa shape index (κ3) is 3.51. The van der Waals surface area contributed by atoms with Gasteiger partial charge in [-0.3, -0.25) is 0 Å². The Morgan fingerprint density at radius 2 is 2.00 bits per heavy atom. The van der Waals surface area contributed by atoms with Crippen LogP contribution in [-0.2, 0) is 0 Å². The molecule has 2 nitrogen and oxygen atoms in total. The number of hydrogen-bond acceptors (Lipinski definition) is 2. The number of nitrogens with one attached hydrogen (secondary N) is 2. The minimum atomic E-state index is -0.165. The zero-order chi connectivity index (χ0) is 12.3. The van der Waals surface area contributed by atoms with Crippen LogP contribution in [-0.4, -0.2) is 18.6 Å². The van der Waals surface area contributed by atoms with Crippen molar-refractivity contribution in [2.24, 2.45) is 0 Å². The van der Waals surface area contributed by atoms with Crippen molar-refractivity contribution < 1.29 is 4.39 Å². The van der Waals surface area contributed by atoms with Crippen molar-refractivity contribution in [2.45, 2.75) is 44.8 Å². The Kier molecular flexibility index (Phi) is 4.13. The van der Waals surface area contributed by atoms with Crippen LogP contribution in [0.15, 0.2) is 24.3 Å². The smallest absolute Gasteiger partial charge is 0.123 e. The Bertz CT molecular complexity index is 348. The molecule has 0 aliphatic carbocycles. The van der Waals surface area contributed by atoms with Crippen LogP contribution in [0.4, 0.5) is 4.39 Å². The van der Waals surface area contributed by atoms with Gasteiger partial charge < -0.3 is 10.6 Å². The second-order valence-corrected chi connectivity index (χ2v) is 5.10. The SMILES string of the molecule is CC(C)N[C@@H]1CCN[C@H](c2ccc(F)cc2)C1. The van der Waals surface area contributed by atoms with E-state index in [4.69, 9.17) is 0 Å². The van der Waals surface area contributed by atoms with Gasteiger partial charge in [-0.2, -0.15) is 0 Å². The van der Waals surface area contributed by atoms with Crippen LogP contribution in [0.2, 0.25) is 0 Å². The molecule has 94 valence electrons. The lowest BCUT2D eigenvalue weighted by atomic mass is 9.93. The number of halogens is 1. The minimum absolute atomic E-state index is 0.165. The first-order valence-corrected chi connectivity index (χ1v) is 6.40. The molecule has 2 N–H and O–H groups in total. The van der Waals surface area contributed by atoms with Gasteiger partial charge in [0.25, 0.3) is 0 Å². The number of benzene rings is 1. The molecule has 3 heteroatoms. The second-order valence-electron chi connectivity index (χ2n) is 5.10. The van der Waals surface area contributed by atoms with Gasteiger partial charge in [0.15, 0.2) is 0 Å². The summed E-state index contributed by atoms with van der Waals surface area (Å²) in [4.78, 5) is 0. The predicted molar refractivity (Wildman–Crippen MR) is 68.4 cm³/mol. The fourth-order valence-corrected chi connectivity index (χ4v) is 2.49. The van der Waals surface area contributed by atoms with Crippen molar-refractivity contribution in [3.05, 3.63) is 35.6 Å². The highest BCUT2D eigenvalue weighted by Crippen LogP contribution is 2.23. The van der Waals surface area contributed by atoms with E-state index in [2.05, 4.69) is 24.5 Å². The van der Waals surface area contributed by atoms with Crippen LogP contribution in [0.3, 0.4) is 0 Å². The molecule has 1 saturated heterocycles. The van der Waals surface area contributed by atoms with Gasteiger partial charge in [-0.25, -0.2) is 4.39 Å². The predicted octanol–water partition coefficient (Wildman–Crippen LogP) is 2.62. The first-order valence-electron chi connectivity index (χ1n) is 6.40. The summed E-state index contributed by atoms with van der Waals surface area (Å²) in [5.74, 6) is -0.165. The van der Waals surface area contributed by atoms with Crippen LogP contribution in [0, 0.1) is 5.82 Å². The van der Waals surface area contributed by atoms with Gasteiger partial charge in [-0.15, -0.1) is 0 Å². The topological polar surface area (TPSA) is 24.1 Å². The third-order valence-corrected chi connectivity index (χ3v) is 3.25. The highest BCUT2D eigenvalue weighted by Gasteiger charge is 2.22. The Hall–Kier alpha value is -0.930. The number of piperidine rings is 1. The van der Waals surface area contributed by atoms with E-state index in [1.165, 1.54) is 17.7 Å². The van der Waals surface area contributed by atoms with E-state index in [-0.39, 0.29) is 5.82 Å². The summed E-state index contributed by atoms with van der Waals surface area (Å²) in [6.07, 6.45) is 2.24. The molecule has 0 bridgehead atoms. The molecule has 2 atom stereocenters. The Morgan fingerprint density at radius 1 is 1.29 bits per heavy atom. The van der Waals surface area contributed by atoms with Crippen molar-refractivity contribution in [2.75, 3.05) is 6.54 Å². The second kappa shape index (κ2) is 5.61. The van der Waals surface area contributed by atoms with E-state index in [1.807, 2.05) is 12.1 Å². The maximum atomic E-state index is 12.9. The van der Waals surface area contributed by atoms with E-state index >= 15 is 0 Å². The van der Waals surface area contributed by atoms with Crippen molar-refractivity contribution in [1.29, 1.82) is 0 Å². The van der Waals surface area contributed by atoms with Crippen molar-refractivity contribution in [3.8, 4) is 0 Å². The van der Waals surface area contributed by atoms with Gasteiger partial charge in [0.2, 0.25) is 0 Å². The maximum absolute atomic E-state index is 12.9.